The second kappa shape index (κ2) is 5.27. The van der Waals surface area contributed by atoms with Crippen molar-refractivity contribution in [3.05, 3.63) is 34.4 Å². The van der Waals surface area contributed by atoms with E-state index in [1.54, 1.807) is 0 Å². The zero-order chi connectivity index (χ0) is 17.8. The number of benzene rings is 1. The molecular formula is C16H20N2O5S. The molecule has 0 spiro atoms. The number of carbonyl (C=O) groups excluding carboxylic acids is 1. The Balaban J connectivity index is 1.86. The molecule has 0 aliphatic heterocycles. The highest BCUT2D eigenvalue weighted by atomic mass is 32.2. The number of fused-ring (bicyclic) bond motifs is 2. The van der Waals surface area contributed by atoms with Crippen LogP contribution in [0.5, 0.6) is 0 Å². The lowest BCUT2D eigenvalue weighted by atomic mass is 9.70. The highest BCUT2D eigenvalue weighted by molar-refractivity contribution is 7.92. The molecule has 2 atom stereocenters. The summed E-state index contributed by atoms with van der Waals surface area (Å²) in [5.74, 6) is -0.0171. The number of ketones is 1. The second-order valence-electron chi connectivity index (χ2n) is 7.34. The molecule has 0 saturated heterocycles. The SMILES string of the molecule is CC1(C)[C@@H]2CC[C@]1(CS(=O)(=O)Nc1cccc([N+](=O)[O-])c1)C(=O)C2. The van der Waals surface area contributed by atoms with Crippen molar-refractivity contribution in [1.29, 1.82) is 0 Å². The number of nitro benzene ring substituents is 1. The van der Waals surface area contributed by atoms with Gasteiger partial charge >= 0.3 is 0 Å². The van der Waals surface area contributed by atoms with Crippen LogP contribution in [0.2, 0.25) is 0 Å². The molecule has 1 N–H and O–H groups in total. The standard InChI is InChI=1S/C16H20N2O5S/c1-15(2)11-6-7-16(15,14(19)8-11)10-24(22,23)17-12-4-3-5-13(9-12)18(20)21/h3-5,9,11,17H,6-8,10H2,1-2H3/t11-,16+/m1/s1. The quantitative estimate of drug-likeness (QED) is 0.648. The summed E-state index contributed by atoms with van der Waals surface area (Å²) in [4.78, 5) is 22.7. The third-order valence-corrected chi connectivity index (χ3v) is 7.33. The maximum absolute atomic E-state index is 12.6. The molecule has 24 heavy (non-hydrogen) atoms. The van der Waals surface area contributed by atoms with Crippen LogP contribution in [0.15, 0.2) is 24.3 Å². The van der Waals surface area contributed by atoms with Crippen LogP contribution in [0.1, 0.15) is 33.1 Å². The zero-order valence-electron chi connectivity index (χ0n) is 13.6. The van der Waals surface area contributed by atoms with E-state index in [1.165, 1.54) is 24.3 Å². The molecule has 130 valence electrons. The number of carbonyl (C=O) groups is 1. The first-order valence-corrected chi connectivity index (χ1v) is 9.51. The molecule has 3 rings (SSSR count). The van der Waals surface area contributed by atoms with Crippen molar-refractivity contribution in [1.82, 2.24) is 0 Å². The van der Waals surface area contributed by atoms with Crippen molar-refractivity contribution in [2.24, 2.45) is 16.7 Å². The summed E-state index contributed by atoms with van der Waals surface area (Å²) in [5.41, 5.74) is -1.25. The van der Waals surface area contributed by atoms with Gasteiger partial charge in [0.05, 0.1) is 21.8 Å². The number of non-ortho nitro benzene ring substituents is 1. The lowest BCUT2D eigenvalue weighted by molar-refractivity contribution is -0.384. The Morgan fingerprint density at radius 3 is 2.62 bits per heavy atom. The van der Waals surface area contributed by atoms with Gasteiger partial charge in [-0.3, -0.25) is 19.6 Å². The van der Waals surface area contributed by atoms with Crippen LogP contribution in [0.25, 0.3) is 0 Å². The molecule has 0 unspecified atom stereocenters. The molecule has 7 nitrogen and oxygen atoms in total. The predicted octanol–water partition coefficient (Wildman–Crippen LogP) is 2.73. The first-order chi connectivity index (χ1) is 11.1. The van der Waals surface area contributed by atoms with E-state index in [0.717, 1.165) is 6.42 Å². The van der Waals surface area contributed by atoms with Gasteiger partial charge in [-0.2, -0.15) is 0 Å². The van der Waals surface area contributed by atoms with E-state index < -0.39 is 20.4 Å². The van der Waals surface area contributed by atoms with Crippen molar-refractivity contribution in [2.45, 2.75) is 33.1 Å². The van der Waals surface area contributed by atoms with E-state index in [0.29, 0.717) is 12.8 Å². The van der Waals surface area contributed by atoms with Crippen LogP contribution < -0.4 is 4.72 Å². The minimum Gasteiger partial charge on any atom is -0.299 e. The van der Waals surface area contributed by atoms with Gasteiger partial charge in [-0.15, -0.1) is 0 Å². The minimum atomic E-state index is -3.80. The third kappa shape index (κ3) is 2.49. The van der Waals surface area contributed by atoms with Gasteiger partial charge < -0.3 is 0 Å². The number of nitrogens with one attached hydrogen (secondary N) is 1. The van der Waals surface area contributed by atoms with E-state index in [9.17, 15) is 23.3 Å². The van der Waals surface area contributed by atoms with E-state index in [1.807, 2.05) is 13.8 Å². The molecule has 2 aliphatic carbocycles. The Hall–Kier alpha value is -1.96. The van der Waals surface area contributed by atoms with Crippen LogP contribution in [-0.4, -0.2) is 24.9 Å². The highest BCUT2D eigenvalue weighted by Crippen LogP contribution is 2.64. The Morgan fingerprint density at radius 1 is 1.38 bits per heavy atom. The summed E-state index contributed by atoms with van der Waals surface area (Å²) in [6.07, 6.45) is 1.89. The average molecular weight is 352 g/mol. The number of sulfonamides is 1. The molecule has 8 heteroatoms. The van der Waals surface area contributed by atoms with Gasteiger partial charge in [-0.1, -0.05) is 19.9 Å². The molecule has 0 amide bonds. The lowest BCUT2D eigenvalue weighted by Gasteiger charge is -2.36. The molecule has 2 fully saturated rings. The summed E-state index contributed by atoms with van der Waals surface area (Å²) < 4.78 is 27.6. The van der Waals surface area contributed by atoms with Gasteiger partial charge in [0.1, 0.15) is 5.78 Å². The van der Waals surface area contributed by atoms with Crippen molar-refractivity contribution in [3.8, 4) is 0 Å². The maximum Gasteiger partial charge on any atom is 0.271 e. The minimum absolute atomic E-state index is 0.0215. The number of hydrogen-bond acceptors (Lipinski definition) is 5. The van der Waals surface area contributed by atoms with Crippen LogP contribution in [0.4, 0.5) is 11.4 Å². The van der Waals surface area contributed by atoms with Crippen molar-refractivity contribution >= 4 is 27.2 Å². The number of Topliss-reactive ketones (excluding diaryl/α,β-unsaturated/α-hetero) is 1. The molecule has 0 aromatic heterocycles. The van der Waals surface area contributed by atoms with E-state index in [2.05, 4.69) is 4.72 Å². The fourth-order valence-corrected chi connectivity index (χ4v) is 6.22. The topological polar surface area (TPSA) is 106 Å². The van der Waals surface area contributed by atoms with Crippen LogP contribution in [0, 0.1) is 26.9 Å². The van der Waals surface area contributed by atoms with Crippen molar-refractivity contribution in [2.75, 3.05) is 10.5 Å². The molecular weight excluding hydrogens is 332 g/mol. The number of anilines is 1. The average Bonchev–Trinajstić information content (AvgIpc) is 2.80. The molecule has 0 radical (unpaired) electrons. The number of hydrogen-bond donors (Lipinski definition) is 1. The summed E-state index contributed by atoms with van der Waals surface area (Å²) in [6, 6.07) is 5.35. The number of nitro groups is 1. The van der Waals surface area contributed by atoms with Gasteiger partial charge in [0.25, 0.3) is 5.69 Å². The van der Waals surface area contributed by atoms with Gasteiger partial charge in [-0.05, 0) is 30.2 Å². The van der Waals surface area contributed by atoms with Gasteiger partial charge in [0.2, 0.25) is 10.0 Å². The van der Waals surface area contributed by atoms with Crippen LogP contribution >= 0.6 is 0 Å². The third-order valence-electron chi connectivity index (χ3n) is 5.91. The Labute approximate surface area is 140 Å². The van der Waals surface area contributed by atoms with E-state index >= 15 is 0 Å². The molecule has 2 aliphatic rings. The van der Waals surface area contributed by atoms with Crippen molar-refractivity contribution in [3.63, 3.8) is 0 Å². The fourth-order valence-electron chi connectivity index (χ4n) is 4.33. The number of nitrogens with zero attached hydrogens (tertiary/aromatic N) is 1. The fraction of sp³-hybridized carbons (Fsp3) is 0.562. The summed E-state index contributed by atoms with van der Waals surface area (Å²) in [6.45, 7) is 3.94. The van der Waals surface area contributed by atoms with Gasteiger partial charge in [0.15, 0.2) is 0 Å². The Bertz CT molecular complexity index is 818. The summed E-state index contributed by atoms with van der Waals surface area (Å²) in [7, 11) is -3.80. The second-order valence-corrected chi connectivity index (χ2v) is 9.06. The Morgan fingerprint density at radius 2 is 2.08 bits per heavy atom. The molecule has 2 bridgehead atoms. The summed E-state index contributed by atoms with van der Waals surface area (Å²) in [5, 5.41) is 10.8. The molecule has 0 heterocycles. The van der Waals surface area contributed by atoms with E-state index in [4.69, 9.17) is 0 Å². The highest BCUT2D eigenvalue weighted by Gasteiger charge is 2.65. The van der Waals surface area contributed by atoms with Crippen LogP contribution in [-0.2, 0) is 14.8 Å². The normalized spacial score (nSPS) is 28.1. The molecule has 1 aromatic rings. The zero-order valence-corrected chi connectivity index (χ0v) is 14.4. The smallest absolute Gasteiger partial charge is 0.271 e. The van der Waals surface area contributed by atoms with Crippen LogP contribution in [0.3, 0.4) is 0 Å². The van der Waals surface area contributed by atoms with E-state index in [-0.39, 0.29) is 34.2 Å². The van der Waals surface area contributed by atoms with Crippen molar-refractivity contribution < 1.29 is 18.1 Å². The largest absolute Gasteiger partial charge is 0.299 e. The monoisotopic (exact) mass is 352 g/mol. The lowest BCUT2D eigenvalue weighted by Crippen LogP contribution is -2.43. The number of rotatable bonds is 5. The predicted molar refractivity (Wildman–Crippen MR) is 89.1 cm³/mol. The molecule has 1 aromatic carbocycles. The van der Waals surface area contributed by atoms with Gasteiger partial charge in [0, 0.05) is 18.6 Å². The van der Waals surface area contributed by atoms with Gasteiger partial charge in [-0.25, -0.2) is 8.42 Å². The first-order valence-electron chi connectivity index (χ1n) is 7.86. The summed E-state index contributed by atoms with van der Waals surface area (Å²) >= 11 is 0. The first kappa shape index (κ1) is 16.9. The molecule has 2 saturated carbocycles. The maximum atomic E-state index is 12.6. The Kier molecular flexibility index (Phi) is 3.71.